The fourth-order valence-corrected chi connectivity index (χ4v) is 3.01. The third-order valence-corrected chi connectivity index (χ3v) is 4.56. The van der Waals surface area contributed by atoms with Crippen molar-refractivity contribution < 1.29 is 5.48 Å². The van der Waals surface area contributed by atoms with E-state index in [1.807, 2.05) is 12.3 Å². The van der Waals surface area contributed by atoms with Gasteiger partial charge in [0.1, 0.15) is 0 Å². The lowest BCUT2D eigenvalue weighted by atomic mass is 9.63. The van der Waals surface area contributed by atoms with Crippen molar-refractivity contribution in [3.63, 3.8) is 0 Å². The van der Waals surface area contributed by atoms with Gasteiger partial charge < -0.3 is 0 Å². The highest BCUT2D eigenvalue weighted by atomic mass is 14.7. The first-order valence-electron chi connectivity index (χ1n) is 9.13. The molecule has 0 aliphatic heterocycles. The molecule has 0 saturated carbocycles. The SMILES string of the molecule is [2H]c1cc(-c2cc3c(cn2)C(C)(C)CCC3(C)C)c([2H])c([2H])c1[2H]. The Hall–Kier alpha value is -1.63. The average Bonchev–Trinajstić information content (AvgIpc) is 2.53. The van der Waals surface area contributed by atoms with Gasteiger partial charge in [-0.05, 0) is 40.9 Å². The lowest BCUT2D eigenvalue weighted by Crippen LogP contribution is -2.34. The van der Waals surface area contributed by atoms with Crippen molar-refractivity contribution in [3.8, 4) is 11.3 Å². The summed E-state index contributed by atoms with van der Waals surface area (Å²) in [7, 11) is 0. The monoisotopic (exact) mass is 269 g/mol. The second-order valence-corrected chi connectivity index (χ2v) is 6.96. The summed E-state index contributed by atoms with van der Waals surface area (Å²) in [6.45, 7) is 8.92. The number of hydrogen-bond donors (Lipinski definition) is 0. The normalized spacial score (nSPS) is 22.2. The minimum Gasteiger partial charge on any atom is -0.256 e. The summed E-state index contributed by atoms with van der Waals surface area (Å²) in [6, 6.07) is 3.02. The van der Waals surface area contributed by atoms with Gasteiger partial charge in [-0.1, -0.05) is 57.9 Å². The van der Waals surface area contributed by atoms with E-state index in [-0.39, 0.29) is 35.0 Å². The molecule has 0 radical (unpaired) electrons. The molecule has 1 heterocycles. The third-order valence-electron chi connectivity index (χ3n) is 4.56. The van der Waals surface area contributed by atoms with Gasteiger partial charge in [-0.25, -0.2) is 0 Å². The Morgan fingerprint density at radius 1 is 1.00 bits per heavy atom. The Kier molecular flexibility index (Phi) is 2.07. The highest BCUT2D eigenvalue weighted by Crippen LogP contribution is 2.46. The lowest BCUT2D eigenvalue weighted by molar-refractivity contribution is 0.331. The van der Waals surface area contributed by atoms with E-state index in [1.165, 1.54) is 17.2 Å². The first kappa shape index (κ1) is 9.33. The lowest BCUT2D eigenvalue weighted by Gasteiger charge is -2.41. The highest BCUT2D eigenvalue weighted by Gasteiger charge is 2.37. The maximum absolute atomic E-state index is 8.16. The molecule has 2 aromatic rings. The van der Waals surface area contributed by atoms with Crippen LogP contribution in [0.5, 0.6) is 0 Å². The summed E-state index contributed by atoms with van der Waals surface area (Å²) in [5.41, 5.74) is 3.66. The number of nitrogens with zero attached hydrogens (tertiary/aromatic N) is 1. The van der Waals surface area contributed by atoms with Gasteiger partial charge in [0.2, 0.25) is 0 Å². The molecule has 0 fully saturated rings. The van der Waals surface area contributed by atoms with Crippen LogP contribution in [0, 0.1) is 0 Å². The molecule has 1 aliphatic carbocycles. The van der Waals surface area contributed by atoms with Gasteiger partial charge in [-0.3, -0.25) is 4.98 Å². The molecule has 3 rings (SSSR count). The van der Waals surface area contributed by atoms with Crippen LogP contribution in [-0.2, 0) is 10.8 Å². The summed E-state index contributed by atoms with van der Waals surface area (Å²) in [6.07, 6.45) is 4.09. The van der Waals surface area contributed by atoms with Gasteiger partial charge in [0, 0.05) is 11.8 Å². The highest BCUT2D eigenvalue weighted by molar-refractivity contribution is 5.61. The summed E-state index contributed by atoms with van der Waals surface area (Å²) in [4.78, 5) is 4.55. The topological polar surface area (TPSA) is 12.9 Å². The summed E-state index contributed by atoms with van der Waals surface area (Å²) < 4.78 is 31.6. The van der Waals surface area contributed by atoms with E-state index < -0.39 is 0 Å². The van der Waals surface area contributed by atoms with Crippen molar-refractivity contribution in [2.75, 3.05) is 0 Å². The molecule has 1 aromatic heterocycles. The van der Waals surface area contributed by atoms with Crippen LogP contribution >= 0.6 is 0 Å². The molecule has 1 heteroatoms. The molecule has 0 bridgehead atoms. The fraction of sp³-hybridized carbons (Fsp3) is 0.421. The predicted molar refractivity (Wildman–Crippen MR) is 85.0 cm³/mol. The van der Waals surface area contributed by atoms with Crippen molar-refractivity contribution >= 4 is 0 Å². The van der Waals surface area contributed by atoms with Crippen LogP contribution in [0.3, 0.4) is 0 Å². The van der Waals surface area contributed by atoms with Gasteiger partial charge in [0.25, 0.3) is 0 Å². The Morgan fingerprint density at radius 3 is 2.45 bits per heavy atom. The minimum atomic E-state index is -0.211. The van der Waals surface area contributed by atoms with Gasteiger partial charge >= 0.3 is 0 Å². The second kappa shape index (κ2) is 4.44. The number of hydrogen-bond acceptors (Lipinski definition) is 1. The molecule has 0 atom stereocenters. The van der Waals surface area contributed by atoms with Crippen LogP contribution in [0.4, 0.5) is 0 Å². The molecule has 1 aromatic carbocycles. The van der Waals surface area contributed by atoms with Crippen LogP contribution in [0.2, 0.25) is 0 Å². The second-order valence-electron chi connectivity index (χ2n) is 6.96. The standard InChI is InChI=1S/C19H23N/c1-18(2)10-11-19(3,4)16-13-20-17(12-15(16)18)14-8-6-5-7-9-14/h5-9,12-13H,10-11H2,1-4H3/i5D,6D,7D,8D. The number of pyridine rings is 1. The maximum atomic E-state index is 8.16. The molecule has 0 spiro atoms. The van der Waals surface area contributed by atoms with E-state index in [0.717, 1.165) is 12.8 Å². The van der Waals surface area contributed by atoms with E-state index in [0.29, 0.717) is 11.3 Å². The van der Waals surface area contributed by atoms with Crippen LogP contribution in [0.1, 0.15) is 57.1 Å². The number of benzene rings is 1. The van der Waals surface area contributed by atoms with Crippen LogP contribution < -0.4 is 0 Å². The van der Waals surface area contributed by atoms with Crippen molar-refractivity contribution in [1.29, 1.82) is 0 Å². The zero-order valence-corrected chi connectivity index (χ0v) is 12.6. The maximum Gasteiger partial charge on any atom is 0.0705 e. The molecule has 0 unspecified atom stereocenters. The first-order chi connectivity index (χ1) is 11.0. The summed E-state index contributed by atoms with van der Waals surface area (Å²) in [5, 5.41) is 0. The molecular weight excluding hydrogens is 242 g/mol. The minimum absolute atomic E-state index is 0.0312. The molecule has 0 N–H and O–H groups in total. The molecule has 20 heavy (non-hydrogen) atoms. The quantitative estimate of drug-likeness (QED) is 0.702. The molecule has 1 nitrogen and oxygen atoms in total. The van der Waals surface area contributed by atoms with Gasteiger partial charge in [0.05, 0.1) is 11.2 Å². The molecule has 0 amide bonds. The van der Waals surface area contributed by atoms with E-state index in [2.05, 4.69) is 32.7 Å². The number of rotatable bonds is 1. The van der Waals surface area contributed by atoms with Crippen LogP contribution in [-0.4, -0.2) is 4.98 Å². The van der Waals surface area contributed by atoms with Crippen molar-refractivity contribution in [3.05, 3.63) is 53.6 Å². The summed E-state index contributed by atoms with van der Waals surface area (Å²) >= 11 is 0. The van der Waals surface area contributed by atoms with Crippen molar-refractivity contribution in [2.24, 2.45) is 0 Å². The van der Waals surface area contributed by atoms with Gasteiger partial charge in [-0.2, -0.15) is 0 Å². The largest absolute Gasteiger partial charge is 0.256 e. The Labute approximate surface area is 127 Å². The fourth-order valence-electron chi connectivity index (χ4n) is 3.01. The molecule has 1 aliphatic rings. The average molecular weight is 269 g/mol. The zero-order chi connectivity index (χ0) is 17.9. The molecule has 0 saturated heterocycles. The third kappa shape index (κ3) is 2.15. The Morgan fingerprint density at radius 2 is 1.70 bits per heavy atom. The van der Waals surface area contributed by atoms with Crippen molar-refractivity contribution in [2.45, 2.75) is 51.4 Å². The number of aromatic nitrogens is 1. The smallest absolute Gasteiger partial charge is 0.0705 e. The molecular formula is C19H23N. The van der Waals surface area contributed by atoms with Crippen molar-refractivity contribution in [1.82, 2.24) is 4.98 Å². The molecule has 104 valence electrons. The van der Waals surface area contributed by atoms with Crippen LogP contribution in [0.15, 0.2) is 42.5 Å². The van der Waals surface area contributed by atoms with E-state index in [4.69, 9.17) is 5.48 Å². The van der Waals surface area contributed by atoms with E-state index in [1.54, 1.807) is 0 Å². The summed E-state index contributed by atoms with van der Waals surface area (Å²) in [5.74, 6) is 0. The van der Waals surface area contributed by atoms with Gasteiger partial charge in [0.15, 0.2) is 0 Å². The van der Waals surface area contributed by atoms with Gasteiger partial charge in [-0.15, -0.1) is 0 Å². The Balaban J connectivity index is 2.23. The number of fused-ring (bicyclic) bond motifs is 1. The van der Waals surface area contributed by atoms with E-state index in [9.17, 15) is 0 Å². The van der Waals surface area contributed by atoms with Crippen LogP contribution in [0.25, 0.3) is 11.3 Å². The Bertz CT molecular complexity index is 825. The van der Waals surface area contributed by atoms with E-state index >= 15 is 0 Å². The zero-order valence-electron chi connectivity index (χ0n) is 16.6. The first-order valence-corrected chi connectivity index (χ1v) is 7.13. The predicted octanol–water partition coefficient (Wildman–Crippen LogP) is 5.10.